The monoisotopic (exact) mass is 441 g/mol. The van der Waals surface area contributed by atoms with Gasteiger partial charge in [0.25, 0.3) is 5.91 Å². The zero-order valence-electron chi connectivity index (χ0n) is 19.3. The quantitative estimate of drug-likeness (QED) is 0.594. The molecule has 2 aliphatic heterocycles. The predicted octanol–water partition coefficient (Wildman–Crippen LogP) is 4.20. The van der Waals surface area contributed by atoms with Crippen molar-refractivity contribution in [2.75, 3.05) is 31.1 Å². The third-order valence-electron chi connectivity index (χ3n) is 6.83. The van der Waals surface area contributed by atoms with Crippen molar-refractivity contribution in [3.8, 4) is 0 Å². The molecular weight excluding hydrogens is 410 g/mol. The summed E-state index contributed by atoms with van der Waals surface area (Å²) in [6.07, 6.45) is 6.83. The summed E-state index contributed by atoms with van der Waals surface area (Å²) in [7, 11) is 0. The second kappa shape index (κ2) is 9.69. The molecule has 1 atom stereocenters. The molecule has 0 N–H and O–H groups in total. The first-order chi connectivity index (χ1) is 16.2. The van der Waals surface area contributed by atoms with Gasteiger partial charge in [-0.2, -0.15) is 0 Å². The maximum absolute atomic E-state index is 13.0. The fourth-order valence-corrected chi connectivity index (χ4v) is 5.04. The third kappa shape index (κ3) is 4.75. The molecule has 0 spiro atoms. The van der Waals surface area contributed by atoms with Crippen LogP contribution in [0.4, 0.5) is 5.82 Å². The van der Waals surface area contributed by atoms with Gasteiger partial charge in [-0.25, -0.2) is 9.97 Å². The summed E-state index contributed by atoms with van der Waals surface area (Å²) in [6.45, 7) is 5.52. The first-order valence-electron chi connectivity index (χ1n) is 12.1. The van der Waals surface area contributed by atoms with Gasteiger partial charge in [-0.05, 0) is 56.7 Å². The van der Waals surface area contributed by atoms with Gasteiger partial charge in [0.2, 0.25) is 0 Å². The number of piperidine rings is 1. The molecule has 0 radical (unpaired) electrons. The van der Waals surface area contributed by atoms with Crippen LogP contribution in [0.1, 0.15) is 58.3 Å². The average molecular weight is 442 g/mol. The molecule has 6 heteroatoms. The van der Waals surface area contributed by atoms with Gasteiger partial charge in [-0.1, -0.05) is 36.4 Å². The Morgan fingerprint density at radius 3 is 2.70 bits per heavy atom. The largest absolute Gasteiger partial charge is 0.356 e. The van der Waals surface area contributed by atoms with E-state index in [0.29, 0.717) is 12.2 Å². The molecule has 4 heterocycles. The highest BCUT2D eigenvalue weighted by molar-refractivity contribution is 5.92. The number of benzene rings is 1. The van der Waals surface area contributed by atoms with Crippen molar-refractivity contribution in [1.82, 2.24) is 19.9 Å². The SMILES string of the molecule is Cc1nc(C2CCCN(C(=O)c3ccccn3)C2)nc2c1CCCN2CCc1ccccc1. The summed E-state index contributed by atoms with van der Waals surface area (Å²) >= 11 is 0. The van der Waals surface area contributed by atoms with Gasteiger partial charge < -0.3 is 9.80 Å². The number of nitrogens with zero attached hydrogens (tertiary/aromatic N) is 5. The van der Waals surface area contributed by atoms with Crippen molar-refractivity contribution in [3.05, 3.63) is 83.1 Å². The lowest BCUT2D eigenvalue weighted by Crippen LogP contribution is -2.40. The molecule has 5 rings (SSSR count). The Hall–Kier alpha value is -3.28. The normalized spacial score (nSPS) is 18.2. The van der Waals surface area contributed by atoms with Gasteiger partial charge >= 0.3 is 0 Å². The Morgan fingerprint density at radius 1 is 1.03 bits per heavy atom. The molecule has 2 aliphatic rings. The van der Waals surface area contributed by atoms with Crippen LogP contribution in [0.2, 0.25) is 0 Å². The number of hydrogen-bond donors (Lipinski definition) is 0. The van der Waals surface area contributed by atoms with Crippen LogP contribution >= 0.6 is 0 Å². The second-order valence-electron chi connectivity index (χ2n) is 9.10. The van der Waals surface area contributed by atoms with Crippen molar-refractivity contribution in [2.45, 2.75) is 44.9 Å². The number of amides is 1. The highest BCUT2D eigenvalue weighted by atomic mass is 16.2. The minimum absolute atomic E-state index is 0.000491. The van der Waals surface area contributed by atoms with E-state index in [1.165, 1.54) is 11.1 Å². The fraction of sp³-hybridized carbons (Fsp3) is 0.407. The molecule has 33 heavy (non-hydrogen) atoms. The van der Waals surface area contributed by atoms with Crippen LogP contribution in [-0.4, -0.2) is 51.9 Å². The Labute approximate surface area is 195 Å². The van der Waals surface area contributed by atoms with Gasteiger partial charge in [-0.15, -0.1) is 0 Å². The third-order valence-corrected chi connectivity index (χ3v) is 6.83. The minimum atomic E-state index is -0.000491. The van der Waals surface area contributed by atoms with E-state index in [4.69, 9.17) is 9.97 Å². The maximum Gasteiger partial charge on any atom is 0.272 e. The van der Waals surface area contributed by atoms with E-state index in [0.717, 1.165) is 69.1 Å². The highest BCUT2D eigenvalue weighted by Gasteiger charge is 2.30. The summed E-state index contributed by atoms with van der Waals surface area (Å²) in [5, 5.41) is 0. The molecule has 6 nitrogen and oxygen atoms in total. The van der Waals surface area contributed by atoms with Crippen molar-refractivity contribution in [3.63, 3.8) is 0 Å². The second-order valence-corrected chi connectivity index (χ2v) is 9.10. The first-order valence-corrected chi connectivity index (χ1v) is 12.1. The van der Waals surface area contributed by atoms with Crippen LogP contribution in [0.25, 0.3) is 0 Å². The van der Waals surface area contributed by atoms with Crippen LogP contribution in [0, 0.1) is 6.92 Å². The van der Waals surface area contributed by atoms with E-state index >= 15 is 0 Å². The molecule has 0 aliphatic carbocycles. The number of carbonyl (C=O) groups excluding carboxylic acids is 1. The average Bonchev–Trinajstić information content (AvgIpc) is 2.88. The summed E-state index contributed by atoms with van der Waals surface area (Å²) in [4.78, 5) is 31.6. The van der Waals surface area contributed by atoms with Gasteiger partial charge in [0, 0.05) is 49.6 Å². The highest BCUT2D eigenvalue weighted by Crippen LogP contribution is 2.32. The van der Waals surface area contributed by atoms with Gasteiger partial charge in [0.05, 0.1) is 0 Å². The van der Waals surface area contributed by atoms with Gasteiger partial charge in [0.1, 0.15) is 17.3 Å². The van der Waals surface area contributed by atoms with Crippen LogP contribution in [0.5, 0.6) is 0 Å². The fourth-order valence-electron chi connectivity index (χ4n) is 5.04. The van der Waals surface area contributed by atoms with Crippen LogP contribution < -0.4 is 4.90 Å². The molecule has 170 valence electrons. The van der Waals surface area contributed by atoms with Crippen molar-refractivity contribution in [2.24, 2.45) is 0 Å². The molecule has 3 aromatic rings. The predicted molar refractivity (Wildman–Crippen MR) is 130 cm³/mol. The summed E-state index contributed by atoms with van der Waals surface area (Å²) in [5.74, 6) is 2.15. The lowest BCUT2D eigenvalue weighted by Gasteiger charge is -2.34. The van der Waals surface area contributed by atoms with Gasteiger partial charge in [-0.3, -0.25) is 9.78 Å². The lowest BCUT2D eigenvalue weighted by molar-refractivity contribution is 0.0698. The minimum Gasteiger partial charge on any atom is -0.356 e. The molecule has 1 saturated heterocycles. The van der Waals surface area contributed by atoms with Crippen LogP contribution in [0.3, 0.4) is 0 Å². The number of pyridine rings is 1. The van der Waals surface area contributed by atoms with Crippen molar-refractivity contribution in [1.29, 1.82) is 0 Å². The number of hydrogen-bond acceptors (Lipinski definition) is 5. The van der Waals surface area contributed by atoms with E-state index in [9.17, 15) is 4.79 Å². The molecule has 2 aromatic heterocycles. The number of aromatic nitrogens is 3. The molecule has 0 saturated carbocycles. The van der Waals surface area contributed by atoms with E-state index in [-0.39, 0.29) is 11.8 Å². The Balaban J connectivity index is 1.35. The zero-order chi connectivity index (χ0) is 22.6. The molecule has 1 unspecified atom stereocenters. The number of aryl methyl sites for hydroxylation is 1. The van der Waals surface area contributed by atoms with E-state index in [1.54, 1.807) is 12.3 Å². The molecule has 0 bridgehead atoms. The number of rotatable bonds is 5. The Morgan fingerprint density at radius 2 is 1.88 bits per heavy atom. The first kappa shape index (κ1) is 21.6. The zero-order valence-corrected chi connectivity index (χ0v) is 19.3. The van der Waals surface area contributed by atoms with Crippen molar-refractivity contribution < 1.29 is 4.79 Å². The molecule has 1 aromatic carbocycles. The maximum atomic E-state index is 13.0. The number of anilines is 1. The van der Waals surface area contributed by atoms with E-state index in [1.807, 2.05) is 17.0 Å². The van der Waals surface area contributed by atoms with Crippen LogP contribution in [-0.2, 0) is 12.8 Å². The van der Waals surface area contributed by atoms with E-state index < -0.39 is 0 Å². The molecule has 1 fully saturated rings. The molecule has 1 amide bonds. The Bertz CT molecular complexity index is 1100. The van der Waals surface area contributed by atoms with Crippen LogP contribution in [0.15, 0.2) is 54.7 Å². The van der Waals surface area contributed by atoms with Crippen molar-refractivity contribution >= 4 is 11.7 Å². The number of carbonyl (C=O) groups is 1. The molecular formula is C27H31N5O. The Kier molecular flexibility index (Phi) is 6.33. The lowest BCUT2D eigenvalue weighted by atomic mass is 9.95. The summed E-state index contributed by atoms with van der Waals surface area (Å²) < 4.78 is 0. The summed E-state index contributed by atoms with van der Waals surface area (Å²) in [6, 6.07) is 16.1. The topological polar surface area (TPSA) is 62.2 Å². The van der Waals surface area contributed by atoms with E-state index in [2.05, 4.69) is 47.1 Å². The summed E-state index contributed by atoms with van der Waals surface area (Å²) in [5.41, 5.74) is 4.24. The number of likely N-dealkylation sites (tertiary alicyclic amines) is 1. The standard InChI is InChI=1S/C27H31N5O/c1-20-23-12-8-16-31(18-14-21-9-3-2-4-10-21)26(23)30-25(29-20)22-11-7-17-32(19-22)27(33)24-13-5-6-15-28-24/h2-6,9-10,13,15,22H,7-8,11-12,14,16-19H2,1H3. The van der Waals surface area contributed by atoms with Gasteiger partial charge in [0.15, 0.2) is 0 Å². The smallest absolute Gasteiger partial charge is 0.272 e. The number of fused-ring (bicyclic) bond motifs is 1.